The SMILES string of the molecule is CCCCC[C@H]1CCC[C@@H](C)N1. The fraction of sp³-hybridized carbons (Fsp3) is 1.00. The van der Waals surface area contributed by atoms with Crippen molar-refractivity contribution < 1.29 is 0 Å². The number of nitrogens with one attached hydrogen (secondary N) is 1. The van der Waals surface area contributed by atoms with Crippen molar-refractivity contribution in [2.45, 2.75) is 70.9 Å². The van der Waals surface area contributed by atoms with Crippen molar-refractivity contribution in [3.05, 3.63) is 0 Å². The van der Waals surface area contributed by atoms with Crippen molar-refractivity contribution >= 4 is 0 Å². The summed E-state index contributed by atoms with van der Waals surface area (Å²) < 4.78 is 0. The Morgan fingerprint density at radius 2 is 2.08 bits per heavy atom. The highest BCUT2D eigenvalue weighted by molar-refractivity contribution is 4.77. The Labute approximate surface area is 76.9 Å². The van der Waals surface area contributed by atoms with E-state index in [0.717, 1.165) is 12.1 Å². The topological polar surface area (TPSA) is 12.0 Å². The monoisotopic (exact) mass is 169 g/mol. The van der Waals surface area contributed by atoms with Crippen LogP contribution < -0.4 is 5.32 Å². The van der Waals surface area contributed by atoms with Crippen LogP contribution in [0, 0.1) is 0 Å². The molecular formula is C11H23N. The van der Waals surface area contributed by atoms with Crippen LogP contribution in [0.1, 0.15) is 58.8 Å². The number of unbranched alkanes of at least 4 members (excludes halogenated alkanes) is 2. The fourth-order valence-electron chi connectivity index (χ4n) is 2.11. The lowest BCUT2D eigenvalue weighted by Crippen LogP contribution is -2.40. The van der Waals surface area contributed by atoms with Gasteiger partial charge in [-0.2, -0.15) is 0 Å². The molecule has 1 aliphatic heterocycles. The summed E-state index contributed by atoms with van der Waals surface area (Å²) in [4.78, 5) is 0. The number of rotatable bonds is 4. The highest BCUT2D eigenvalue weighted by Gasteiger charge is 2.16. The Bertz CT molecular complexity index is 112. The van der Waals surface area contributed by atoms with Gasteiger partial charge in [0.05, 0.1) is 0 Å². The maximum absolute atomic E-state index is 3.68. The zero-order chi connectivity index (χ0) is 8.81. The van der Waals surface area contributed by atoms with E-state index in [4.69, 9.17) is 0 Å². The van der Waals surface area contributed by atoms with Gasteiger partial charge in [-0.15, -0.1) is 0 Å². The summed E-state index contributed by atoms with van der Waals surface area (Å²) in [5.41, 5.74) is 0. The summed E-state index contributed by atoms with van der Waals surface area (Å²) in [5.74, 6) is 0. The van der Waals surface area contributed by atoms with Crippen LogP contribution in [0.25, 0.3) is 0 Å². The Kier molecular flexibility index (Phi) is 4.67. The minimum absolute atomic E-state index is 0.769. The van der Waals surface area contributed by atoms with E-state index < -0.39 is 0 Å². The number of hydrogen-bond donors (Lipinski definition) is 1. The zero-order valence-corrected chi connectivity index (χ0v) is 8.60. The maximum Gasteiger partial charge on any atom is 0.00695 e. The van der Waals surface area contributed by atoms with Gasteiger partial charge in [0.2, 0.25) is 0 Å². The normalized spacial score (nSPS) is 30.5. The summed E-state index contributed by atoms with van der Waals surface area (Å²) in [6.07, 6.45) is 9.80. The van der Waals surface area contributed by atoms with Crippen molar-refractivity contribution in [1.29, 1.82) is 0 Å². The van der Waals surface area contributed by atoms with Crippen LogP contribution in [0.2, 0.25) is 0 Å². The lowest BCUT2D eigenvalue weighted by Gasteiger charge is -2.28. The molecule has 12 heavy (non-hydrogen) atoms. The van der Waals surface area contributed by atoms with E-state index >= 15 is 0 Å². The molecule has 0 aromatic carbocycles. The van der Waals surface area contributed by atoms with Crippen molar-refractivity contribution in [2.75, 3.05) is 0 Å². The summed E-state index contributed by atoms with van der Waals surface area (Å²) >= 11 is 0. The van der Waals surface area contributed by atoms with Crippen LogP contribution in [-0.2, 0) is 0 Å². The molecule has 1 N–H and O–H groups in total. The third kappa shape index (κ3) is 3.57. The van der Waals surface area contributed by atoms with Gasteiger partial charge in [-0.3, -0.25) is 0 Å². The highest BCUT2D eigenvalue weighted by Crippen LogP contribution is 2.16. The Morgan fingerprint density at radius 3 is 2.75 bits per heavy atom. The van der Waals surface area contributed by atoms with E-state index in [1.165, 1.54) is 44.9 Å². The summed E-state index contributed by atoms with van der Waals surface area (Å²) in [5, 5.41) is 3.68. The molecule has 0 amide bonds. The Balaban J connectivity index is 2.06. The molecule has 0 bridgehead atoms. The van der Waals surface area contributed by atoms with Gasteiger partial charge in [-0.1, -0.05) is 32.6 Å². The average Bonchev–Trinajstić information content (AvgIpc) is 2.05. The van der Waals surface area contributed by atoms with E-state index in [2.05, 4.69) is 19.2 Å². The molecule has 1 rings (SSSR count). The Morgan fingerprint density at radius 1 is 1.25 bits per heavy atom. The van der Waals surface area contributed by atoms with Gasteiger partial charge in [0.1, 0.15) is 0 Å². The Hall–Kier alpha value is -0.0400. The fourth-order valence-corrected chi connectivity index (χ4v) is 2.11. The van der Waals surface area contributed by atoms with Gasteiger partial charge < -0.3 is 5.32 Å². The molecule has 0 saturated carbocycles. The second-order valence-corrected chi connectivity index (χ2v) is 4.19. The molecule has 0 unspecified atom stereocenters. The largest absolute Gasteiger partial charge is 0.312 e. The number of piperidine rings is 1. The molecule has 1 saturated heterocycles. The van der Waals surface area contributed by atoms with Crippen LogP contribution in [0.4, 0.5) is 0 Å². The molecular weight excluding hydrogens is 146 g/mol. The van der Waals surface area contributed by atoms with Gasteiger partial charge in [0, 0.05) is 12.1 Å². The molecule has 1 heteroatoms. The predicted octanol–water partition coefficient (Wildman–Crippen LogP) is 3.10. The van der Waals surface area contributed by atoms with Gasteiger partial charge in [0.15, 0.2) is 0 Å². The summed E-state index contributed by atoms with van der Waals surface area (Å²) in [6.45, 7) is 4.59. The minimum atomic E-state index is 0.769. The first-order valence-corrected chi connectivity index (χ1v) is 5.59. The molecule has 1 heterocycles. The molecule has 0 spiro atoms. The predicted molar refractivity (Wildman–Crippen MR) is 54.4 cm³/mol. The lowest BCUT2D eigenvalue weighted by atomic mass is 9.96. The quantitative estimate of drug-likeness (QED) is 0.638. The van der Waals surface area contributed by atoms with Crippen LogP contribution >= 0.6 is 0 Å². The van der Waals surface area contributed by atoms with Crippen molar-refractivity contribution in [3.8, 4) is 0 Å². The van der Waals surface area contributed by atoms with E-state index in [0.29, 0.717) is 0 Å². The molecule has 0 radical (unpaired) electrons. The second kappa shape index (κ2) is 5.58. The van der Waals surface area contributed by atoms with E-state index in [-0.39, 0.29) is 0 Å². The van der Waals surface area contributed by atoms with Crippen LogP contribution in [0.5, 0.6) is 0 Å². The second-order valence-electron chi connectivity index (χ2n) is 4.19. The van der Waals surface area contributed by atoms with Crippen molar-refractivity contribution in [2.24, 2.45) is 0 Å². The standard InChI is InChI=1S/C11H23N/c1-3-4-5-8-11-9-6-7-10(2)12-11/h10-12H,3-9H2,1-2H3/t10-,11+/m1/s1. The molecule has 0 aliphatic carbocycles. The molecule has 72 valence electrons. The molecule has 1 aliphatic rings. The third-order valence-corrected chi connectivity index (χ3v) is 2.87. The van der Waals surface area contributed by atoms with Crippen LogP contribution in [-0.4, -0.2) is 12.1 Å². The zero-order valence-electron chi connectivity index (χ0n) is 8.60. The van der Waals surface area contributed by atoms with Crippen LogP contribution in [0.15, 0.2) is 0 Å². The first-order chi connectivity index (χ1) is 5.83. The van der Waals surface area contributed by atoms with Gasteiger partial charge in [0.25, 0.3) is 0 Å². The highest BCUT2D eigenvalue weighted by atomic mass is 15.0. The van der Waals surface area contributed by atoms with Gasteiger partial charge in [-0.05, 0) is 26.2 Å². The lowest BCUT2D eigenvalue weighted by molar-refractivity contribution is 0.315. The summed E-state index contributed by atoms with van der Waals surface area (Å²) in [6, 6.07) is 1.60. The molecule has 0 aromatic rings. The van der Waals surface area contributed by atoms with Crippen LogP contribution in [0.3, 0.4) is 0 Å². The number of hydrogen-bond acceptors (Lipinski definition) is 1. The van der Waals surface area contributed by atoms with E-state index in [1.54, 1.807) is 0 Å². The van der Waals surface area contributed by atoms with E-state index in [9.17, 15) is 0 Å². The van der Waals surface area contributed by atoms with Gasteiger partial charge in [-0.25, -0.2) is 0 Å². The molecule has 0 aromatic heterocycles. The first-order valence-electron chi connectivity index (χ1n) is 5.59. The molecule has 1 nitrogen and oxygen atoms in total. The molecule has 1 fully saturated rings. The minimum Gasteiger partial charge on any atom is -0.312 e. The summed E-state index contributed by atoms with van der Waals surface area (Å²) in [7, 11) is 0. The maximum atomic E-state index is 3.68. The van der Waals surface area contributed by atoms with Gasteiger partial charge >= 0.3 is 0 Å². The molecule has 2 atom stereocenters. The van der Waals surface area contributed by atoms with E-state index in [1.807, 2.05) is 0 Å². The third-order valence-electron chi connectivity index (χ3n) is 2.87. The first kappa shape index (κ1) is 10.0. The van der Waals surface area contributed by atoms with Crippen molar-refractivity contribution in [1.82, 2.24) is 5.32 Å². The van der Waals surface area contributed by atoms with Crippen molar-refractivity contribution in [3.63, 3.8) is 0 Å². The smallest absolute Gasteiger partial charge is 0.00695 e. The average molecular weight is 169 g/mol.